The van der Waals surface area contributed by atoms with Gasteiger partial charge < -0.3 is 87.5 Å². The number of fused-ring (bicyclic) bond motifs is 18. The van der Waals surface area contributed by atoms with Crippen LogP contribution in [-0.4, -0.2) is 260 Å². The van der Waals surface area contributed by atoms with Gasteiger partial charge in [0.2, 0.25) is 0 Å². The minimum Gasteiger partial charge on any atom is -0.493 e. The molecular formula is C117H180N6O18. The van der Waals surface area contributed by atoms with Gasteiger partial charge in [0.25, 0.3) is 0 Å². The van der Waals surface area contributed by atoms with E-state index >= 15 is 0 Å². The maximum atomic E-state index is 11.5. The van der Waals surface area contributed by atoms with E-state index in [-0.39, 0.29) is 144 Å². The van der Waals surface area contributed by atoms with Crippen molar-refractivity contribution in [3.05, 3.63) is 140 Å². The summed E-state index contributed by atoms with van der Waals surface area (Å²) in [5.74, 6) is -19.2. The van der Waals surface area contributed by atoms with Gasteiger partial charge in [0, 0.05) is 205 Å². The molecule has 0 aromatic heterocycles. The number of hydrogen-bond donors (Lipinski definition) is 6. The largest absolute Gasteiger partial charge is 0.493 e. The van der Waals surface area contributed by atoms with E-state index in [2.05, 4.69) is 0 Å². The van der Waals surface area contributed by atoms with Gasteiger partial charge in [-0.05, 0) is 324 Å². The van der Waals surface area contributed by atoms with E-state index in [1.807, 2.05) is 0 Å². The molecule has 6 N–H and O–H groups in total. The van der Waals surface area contributed by atoms with E-state index in [4.69, 9.17) is 164 Å². The first-order valence-electron chi connectivity index (χ1n) is 83.8. The molecule has 6 aromatic carbocycles. The predicted molar refractivity (Wildman–Crippen MR) is 561 cm³/mol. The summed E-state index contributed by atoms with van der Waals surface area (Å²) in [5.41, 5.74) is -13.8. The Bertz CT molecular complexity index is 8530. The predicted octanol–water partition coefficient (Wildman–Crippen LogP) is 19.3. The standard InChI is InChI=1S/3C20H31NO3.3C19H29NO3/c3*1-20(2,3)11-14-12-21-7-6-13-8-18(23-4)19(24-5)9-15(13)16(21)10-17(14)22;3*1-12(2)7-14-11-20-6-5-13-8-18(22-3)19(23-4)9-15(13)16(20)10-17(14)21/h3*8-9,14,16-17,22H,6-7,10-12H2,1-5H3;3*8-9,12,14,16-17,21H,5-7,10-11H2,1-4H3/i1D3,2D3,5D3,6D2,7D2,10D2,11D2,14D,17D;2*1D3,2D3,6D2,7D2,10D2,11D2,14D,17D;4D3,5D2,6D2,10D2,14D,17D;2*5D2,6D2,10D2,14D,17D. The average Bonchev–Trinajstić information content (AvgIpc) is 0.655. The maximum absolute atomic E-state index is 11.5. The molecule has 0 spiro atoms. The van der Waals surface area contributed by atoms with Gasteiger partial charge in [0.15, 0.2) is 69.0 Å². The summed E-state index contributed by atoms with van der Waals surface area (Å²) in [6.45, 7) is -34.7. The number of piperidine rings is 6. The number of benzene rings is 6. The Balaban J connectivity index is 0.000000210. The Morgan fingerprint density at radius 2 is 0.433 bits per heavy atom. The minimum absolute atomic E-state index is 0.0378. The summed E-state index contributed by atoms with van der Waals surface area (Å²) in [5, 5.41) is 67.6. The molecule has 12 aliphatic heterocycles. The number of rotatable bonds is 21. The van der Waals surface area contributed by atoms with Gasteiger partial charge in [0.05, 0.1) is 138 Å². The first-order valence-corrected chi connectivity index (χ1v) is 44.8. The van der Waals surface area contributed by atoms with Crippen molar-refractivity contribution in [1.82, 2.24) is 29.4 Å². The normalized spacial score (nSPS) is 49.3. The highest BCUT2D eigenvalue weighted by atomic mass is 16.5. The van der Waals surface area contributed by atoms with Gasteiger partial charge >= 0.3 is 0 Å². The van der Waals surface area contributed by atoms with Gasteiger partial charge in [0.1, 0.15) is 0 Å². The van der Waals surface area contributed by atoms with Gasteiger partial charge in [-0.1, -0.05) is 103 Å². The van der Waals surface area contributed by atoms with Gasteiger partial charge in [-0.15, -0.1) is 0 Å². The second-order valence-corrected chi connectivity index (χ2v) is 35.9. The molecule has 24 heteroatoms. The number of methoxy groups -OCH3 is 12. The first-order chi connectivity index (χ1) is 97.0. The van der Waals surface area contributed by atoms with Gasteiger partial charge in [-0.25, -0.2) is 0 Å². The lowest BCUT2D eigenvalue weighted by atomic mass is 9.75. The molecule has 0 bridgehead atoms. The SMILES string of the molecule is [2H]C([2H])([2H])C(C)(C([2H])([2H])[2H])C([2H])([2H])C1([2H])CN2C(c3cc(OC)c(OC)cc3C([2H])([2H])C2([2H])[2H])C([2H])([2H])C1([2H])O.[2H]C([2H])([2H])C(C)(C([2H])([2H])[2H])C([2H])([2H])C1([2H])CN2C(c3cc(OC)c(OC)cc3C([2H])([2H])C2([2H])[2H])C([2H])([2H])C1([2H])O.[2H]C([2H])([2H])Oc1cc2c(cc1OC)C([2H])([2H])C([2H])([2H])N1CC([2H])(C([2H])([2H])C(C)(C([2H])([2H])[2H])C([2H])([2H])[2H])C([2H])(O)C([2H])([2H])C21.[2H]C([2H])([2H])Oc1cc2c(cc1OC)C([2H])([2H])C([2H])([2H])N1CC([2H])(CC(C)C)C([2H])(O)C([2H])([2H])C21.[2H]C1(CC(C)C)CN2C(c3cc(OC)c(OC)cc3C([2H])([2H])C2([2H])[2H])C([2H])([2H])C1([2H])O.[2H]C1(CC(C)C)CN2C(c3cc(OC)c(OC)cc3C([2H])([2H])C2([2H])[2H])C([2H])([2H])C1([2H])O. The molecule has 0 saturated carbocycles. The van der Waals surface area contributed by atoms with Crippen LogP contribution >= 0.6 is 0 Å². The minimum atomic E-state index is -4.04. The van der Waals surface area contributed by atoms with Crippen LogP contribution in [0.4, 0.5) is 0 Å². The topological polar surface area (TPSA) is 252 Å². The monoisotopic (exact) mass is 2040 g/mol. The van der Waals surface area contributed by atoms with Crippen LogP contribution in [0.2, 0.25) is 0 Å². The number of aliphatic hydroxyl groups is 6. The van der Waals surface area contributed by atoms with Crippen LogP contribution in [0.15, 0.2) is 72.8 Å². The van der Waals surface area contributed by atoms with Crippen molar-refractivity contribution in [2.75, 3.05) is 163 Å². The second-order valence-electron chi connectivity index (χ2n) is 35.9. The molecule has 12 aliphatic rings. The number of aryl methyl sites for hydroxylation is 6. The molecule has 24 nitrogen and oxygen atoms in total. The molecule has 6 fully saturated rings. The van der Waals surface area contributed by atoms with Crippen LogP contribution in [0, 0.1) is 69.4 Å². The van der Waals surface area contributed by atoms with E-state index in [0.29, 0.717) is 30.6 Å². The van der Waals surface area contributed by atoms with Crippen LogP contribution in [0.3, 0.4) is 0 Å². The Morgan fingerprint density at radius 3 is 0.589 bits per heavy atom. The molecule has 0 radical (unpaired) electrons. The Kier molecular flexibility index (Phi) is 16.1. The van der Waals surface area contributed by atoms with Crippen molar-refractivity contribution in [3.8, 4) is 69.0 Å². The van der Waals surface area contributed by atoms with Crippen molar-refractivity contribution in [1.29, 1.82) is 0 Å². The summed E-state index contributed by atoms with van der Waals surface area (Å²) in [6.07, 6.45) is -69.2. The maximum Gasteiger partial charge on any atom is 0.161 e. The van der Waals surface area contributed by atoms with Crippen molar-refractivity contribution in [2.24, 2.45) is 69.4 Å². The summed E-state index contributed by atoms with van der Waals surface area (Å²) in [4.78, 5) is 3.86. The van der Waals surface area contributed by atoms with E-state index in [1.54, 1.807) is 41.5 Å². The van der Waals surface area contributed by atoms with Crippen LogP contribution in [0.25, 0.3) is 0 Å². The molecule has 0 aliphatic carbocycles. The van der Waals surface area contributed by atoms with E-state index in [1.165, 1.54) is 88.3 Å². The number of nitrogens with zero attached hydrogens (tertiary/aromatic N) is 6. The van der Waals surface area contributed by atoms with E-state index in [9.17, 15) is 30.6 Å². The van der Waals surface area contributed by atoms with E-state index in [0.717, 1.165) is 70.3 Å². The van der Waals surface area contributed by atoms with Crippen molar-refractivity contribution in [2.45, 2.75) is 291 Å². The highest BCUT2D eigenvalue weighted by Crippen LogP contribution is 2.53. The summed E-state index contributed by atoms with van der Waals surface area (Å²) >= 11 is 0. The molecule has 141 heavy (non-hydrogen) atoms. The third-order valence-corrected chi connectivity index (χ3v) is 23.5. The first kappa shape index (κ1) is 46.9. The second kappa shape index (κ2) is 48.4. The fourth-order valence-corrected chi connectivity index (χ4v) is 17.2. The van der Waals surface area contributed by atoms with Crippen molar-refractivity contribution >= 4 is 0 Å². The highest BCUT2D eigenvalue weighted by molar-refractivity contribution is 5.55. The smallest absolute Gasteiger partial charge is 0.161 e. The zero-order valence-corrected chi connectivity index (χ0v) is 81.8. The van der Waals surface area contributed by atoms with Gasteiger partial charge in [-0.3, -0.25) is 29.4 Å². The molecule has 18 rings (SSSR count). The molecule has 0 amide bonds. The Morgan fingerprint density at radius 1 is 0.277 bits per heavy atom. The van der Waals surface area contributed by atoms with Crippen LogP contribution in [0.1, 0.15) is 390 Å². The molecular weight excluding hydrogens is 1780 g/mol. The summed E-state index contributed by atoms with van der Waals surface area (Å²) in [7, 11) is 6.59. The fourth-order valence-electron chi connectivity index (χ4n) is 17.2. The zero-order valence-electron chi connectivity index (χ0n) is 160. The molecule has 786 valence electrons. The van der Waals surface area contributed by atoms with Crippen molar-refractivity contribution < 1.29 is 194 Å². The summed E-state index contributed by atoms with van der Waals surface area (Å²) < 4.78 is 719. The summed E-state index contributed by atoms with van der Waals surface area (Å²) in [6, 6.07) is 2.37. The lowest BCUT2D eigenvalue weighted by Crippen LogP contribution is -2.48. The lowest BCUT2D eigenvalue weighted by Gasteiger charge is -2.47. The third kappa shape index (κ3) is 26.9. The highest BCUT2D eigenvalue weighted by Gasteiger charge is 2.47. The molecule has 18 atom stereocenters. The third-order valence-electron chi connectivity index (χ3n) is 23.5. The van der Waals surface area contributed by atoms with Crippen LogP contribution < -0.4 is 56.8 Å². The van der Waals surface area contributed by atoms with Crippen molar-refractivity contribution in [3.63, 3.8) is 0 Å². The molecule has 6 saturated heterocycles. The quantitative estimate of drug-likeness (QED) is 0.0392. The average molecular weight is 2040 g/mol. The number of hydrogen-bond acceptors (Lipinski definition) is 24. The Hall–Kier alpha value is -7.56. The fraction of sp³-hybridized carbons (Fsp3) is 0.692. The van der Waals surface area contributed by atoms with Crippen LogP contribution in [0.5, 0.6) is 69.0 Å². The molecule has 6 aromatic rings. The Labute approximate surface area is 956 Å². The van der Waals surface area contributed by atoms with Gasteiger partial charge in [-0.2, -0.15) is 0 Å². The molecule has 12 heterocycles. The van der Waals surface area contributed by atoms with E-state index < -0.39 is 387 Å². The number of ether oxygens (including phenoxy) is 12. The van der Waals surface area contributed by atoms with Crippen LogP contribution in [-0.2, 0) is 38.2 Å². The lowest BCUT2D eigenvalue weighted by molar-refractivity contribution is -0.0259. The molecule has 18 unspecified atom stereocenters. The zero-order chi connectivity index (χ0) is 171.